The third-order valence-corrected chi connectivity index (χ3v) is 7.20. The SMILES string of the molecule is O=C(CCc1ccc(S(=O)(=O)NC2CCCC2)cc1)N1CCCC(CO)C1. The molecule has 3 rings (SSSR count). The third-order valence-electron chi connectivity index (χ3n) is 5.67. The summed E-state index contributed by atoms with van der Waals surface area (Å²) in [7, 11) is -3.47. The number of rotatable bonds is 7. The lowest BCUT2D eigenvalue weighted by Gasteiger charge is -2.32. The van der Waals surface area contributed by atoms with Gasteiger partial charge in [0.1, 0.15) is 0 Å². The van der Waals surface area contributed by atoms with Crippen molar-refractivity contribution in [1.82, 2.24) is 9.62 Å². The van der Waals surface area contributed by atoms with Crippen LogP contribution in [0, 0.1) is 5.92 Å². The summed E-state index contributed by atoms with van der Waals surface area (Å²) in [6.07, 6.45) is 6.90. The summed E-state index contributed by atoms with van der Waals surface area (Å²) in [4.78, 5) is 14.5. The van der Waals surface area contributed by atoms with E-state index in [9.17, 15) is 18.3 Å². The molecule has 1 unspecified atom stereocenters. The molecule has 6 nitrogen and oxygen atoms in total. The molecule has 0 spiro atoms. The average Bonchev–Trinajstić information content (AvgIpc) is 3.18. The normalized spacial score (nSPS) is 21.5. The summed E-state index contributed by atoms with van der Waals surface area (Å²) in [5.41, 5.74) is 0.957. The number of nitrogens with zero attached hydrogens (tertiary/aromatic N) is 1. The number of aliphatic hydroxyl groups excluding tert-OH is 1. The molecule has 0 bridgehead atoms. The number of hydrogen-bond donors (Lipinski definition) is 2. The van der Waals surface area contributed by atoms with Gasteiger partial charge in [-0.1, -0.05) is 25.0 Å². The molecule has 1 saturated heterocycles. The molecule has 1 aliphatic carbocycles. The highest BCUT2D eigenvalue weighted by molar-refractivity contribution is 7.89. The van der Waals surface area contributed by atoms with Crippen molar-refractivity contribution in [1.29, 1.82) is 0 Å². The zero-order chi connectivity index (χ0) is 19.3. The van der Waals surface area contributed by atoms with Crippen LogP contribution < -0.4 is 4.72 Å². The van der Waals surface area contributed by atoms with Crippen molar-refractivity contribution < 1.29 is 18.3 Å². The van der Waals surface area contributed by atoms with Crippen LogP contribution in [0.3, 0.4) is 0 Å². The van der Waals surface area contributed by atoms with Crippen molar-refractivity contribution in [2.45, 2.75) is 62.3 Å². The summed E-state index contributed by atoms with van der Waals surface area (Å²) >= 11 is 0. The van der Waals surface area contributed by atoms with Gasteiger partial charge in [-0.2, -0.15) is 0 Å². The fourth-order valence-electron chi connectivity index (χ4n) is 4.02. The van der Waals surface area contributed by atoms with Crippen LogP contribution in [0.5, 0.6) is 0 Å². The largest absolute Gasteiger partial charge is 0.396 e. The summed E-state index contributed by atoms with van der Waals surface area (Å²) in [5.74, 6) is 0.298. The van der Waals surface area contributed by atoms with Crippen LogP contribution in [0.4, 0.5) is 0 Å². The van der Waals surface area contributed by atoms with Gasteiger partial charge in [-0.05, 0) is 55.7 Å². The fourth-order valence-corrected chi connectivity index (χ4v) is 5.32. The number of piperidine rings is 1. The maximum atomic E-state index is 12.4. The van der Waals surface area contributed by atoms with Gasteiger partial charge in [0.2, 0.25) is 15.9 Å². The van der Waals surface area contributed by atoms with Crippen molar-refractivity contribution in [3.8, 4) is 0 Å². The van der Waals surface area contributed by atoms with Crippen molar-refractivity contribution in [2.24, 2.45) is 5.92 Å². The minimum Gasteiger partial charge on any atom is -0.396 e. The molecule has 1 amide bonds. The number of aryl methyl sites for hydroxylation is 1. The van der Waals surface area contributed by atoms with E-state index in [1.165, 1.54) is 0 Å². The average molecular weight is 395 g/mol. The van der Waals surface area contributed by atoms with Crippen LogP contribution in [0.1, 0.15) is 50.5 Å². The van der Waals surface area contributed by atoms with Crippen molar-refractivity contribution in [3.63, 3.8) is 0 Å². The van der Waals surface area contributed by atoms with E-state index in [2.05, 4.69) is 4.72 Å². The molecule has 0 aromatic heterocycles. The van der Waals surface area contributed by atoms with E-state index in [4.69, 9.17) is 0 Å². The van der Waals surface area contributed by atoms with Gasteiger partial charge in [0.15, 0.2) is 0 Å². The highest BCUT2D eigenvalue weighted by atomic mass is 32.2. The molecular formula is C20H30N2O4S. The van der Waals surface area contributed by atoms with Crippen LogP contribution in [0.25, 0.3) is 0 Å². The molecule has 1 saturated carbocycles. The highest BCUT2D eigenvalue weighted by Gasteiger charge is 2.24. The van der Waals surface area contributed by atoms with E-state index < -0.39 is 10.0 Å². The molecule has 27 heavy (non-hydrogen) atoms. The van der Waals surface area contributed by atoms with E-state index in [0.29, 0.717) is 19.4 Å². The third kappa shape index (κ3) is 5.53. The minimum absolute atomic E-state index is 0.0552. The predicted octanol–water partition coefficient (Wildman–Crippen LogP) is 2.07. The Morgan fingerprint density at radius 3 is 2.48 bits per heavy atom. The smallest absolute Gasteiger partial charge is 0.240 e. The number of hydrogen-bond acceptors (Lipinski definition) is 4. The lowest BCUT2D eigenvalue weighted by Crippen LogP contribution is -2.41. The summed E-state index contributed by atoms with van der Waals surface area (Å²) < 4.78 is 27.7. The van der Waals surface area contributed by atoms with E-state index in [-0.39, 0.29) is 29.4 Å². The Bertz CT molecular complexity index is 727. The van der Waals surface area contributed by atoms with Gasteiger partial charge in [0.05, 0.1) is 4.90 Å². The van der Waals surface area contributed by atoms with Gasteiger partial charge in [0, 0.05) is 32.2 Å². The van der Waals surface area contributed by atoms with Crippen molar-refractivity contribution in [3.05, 3.63) is 29.8 Å². The Morgan fingerprint density at radius 2 is 1.81 bits per heavy atom. The molecule has 1 aromatic carbocycles. The van der Waals surface area contributed by atoms with Crippen LogP contribution >= 0.6 is 0 Å². The first-order chi connectivity index (χ1) is 13.0. The van der Waals surface area contributed by atoms with Crippen LogP contribution in [-0.2, 0) is 21.2 Å². The van der Waals surface area contributed by atoms with Crippen molar-refractivity contribution >= 4 is 15.9 Å². The van der Waals surface area contributed by atoms with Crippen LogP contribution in [0.2, 0.25) is 0 Å². The first kappa shape index (κ1) is 20.3. The topological polar surface area (TPSA) is 86.7 Å². The Kier molecular flexibility index (Phi) is 6.89. The van der Waals surface area contributed by atoms with E-state index in [0.717, 1.165) is 50.6 Å². The molecule has 7 heteroatoms. The first-order valence-electron chi connectivity index (χ1n) is 9.98. The van der Waals surface area contributed by atoms with Gasteiger partial charge < -0.3 is 10.0 Å². The molecule has 1 atom stereocenters. The Labute approximate surface area is 162 Å². The van der Waals surface area contributed by atoms with E-state index >= 15 is 0 Å². The zero-order valence-corrected chi connectivity index (χ0v) is 16.6. The molecule has 1 heterocycles. The number of carbonyl (C=O) groups is 1. The lowest BCUT2D eigenvalue weighted by atomic mass is 9.98. The minimum atomic E-state index is -3.47. The molecule has 1 aliphatic heterocycles. The van der Waals surface area contributed by atoms with Crippen LogP contribution in [-0.4, -0.2) is 50.1 Å². The molecule has 2 fully saturated rings. The number of nitrogens with one attached hydrogen (secondary N) is 1. The van der Waals surface area contributed by atoms with Gasteiger partial charge in [-0.15, -0.1) is 0 Å². The van der Waals surface area contributed by atoms with Gasteiger partial charge in [-0.25, -0.2) is 13.1 Å². The number of carbonyl (C=O) groups excluding carboxylic acids is 1. The number of likely N-dealkylation sites (tertiary alicyclic amines) is 1. The Morgan fingerprint density at radius 1 is 1.11 bits per heavy atom. The number of benzene rings is 1. The van der Waals surface area contributed by atoms with E-state index in [1.807, 2.05) is 4.90 Å². The van der Waals surface area contributed by atoms with Crippen LogP contribution in [0.15, 0.2) is 29.2 Å². The second-order valence-corrected chi connectivity index (χ2v) is 9.49. The molecule has 150 valence electrons. The second-order valence-electron chi connectivity index (χ2n) is 7.78. The quantitative estimate of drug-likeness (QED) is 0.741. The number of amides is 1. The Hall–Kier alpha value is -1.44. The molecule has 2 N–H and O–H groups in total. The standard InChI is InChI=1S/C20H30N2O4S/c23-15-17-4-3-13-22(14-17)20(24)12-9-16-7-10-19(11-8-16)27(25,26)21-18-5-1-2-6-18/h7-8,10-11,17-18,21,23H,1-6,9,12-15H2. The van der Waals surface area contributed by atoms with Crippen molar-refractivity contribution in [2.75, 3.05) is 19.7 Å². The number of aliphatic hydroxyl groups is 1. The summed E-state index contributed by atoms with van der Waals surface area (Å²) in [6, 6.07) is 6.89. The highest BCUT2D eigenvalue weighted by Crippen LogP contribution is 2.21. The Balaban J connectivity index is 1.52. The van der Waals surface area contributed by atoms with E-state index in [1.54, 1.807) is 24.3 Å². The van der Waals surface area contributed by atoms with Gasteiger partial charge in [-0.3, -0.25) is 4.79 Å². The molecule has 2 aliphatic rings. The lowest BCUT2D eigenvalue weighted by molar-refractivity contribution is -0.133. The maximum absolute atomic E-state index is 12.4. The molecule has 1 aromatic rings. The summed E-state index contributed by atoms with van der Waals surface area (Å²) in [5, 5.41) is 9.29. The predicted molar refractivity (Wildman–Crippen MR) is 104 cm³/mol. The molecule has 0 radical (unpaired) electrons. The maximum Gasteiger partial charge on any atom is 0.240 e. The molecular weight excluding hydrogens is 364 g/mol. The van der Waals surface area contributed by atoms with Gasteiger partial charge in [0.25, 0.3) is 0 Å². The van der Waals surface area contributed by atoms with Gasteiger partial charge >= 0.3 is 0 Å². The fraction of sp³-hybridized carbons (Fsp3) is 0.650. The first-order valence-corrected chi connectivity index (χ1v) is 11.5. The summed E-state index contributed by atoms with van der Waals surface area (Å²) in [6.45, 7) is 1.54. The number of sulfonamides is 1. The second kappa shape index (κ2) is 9.17. The zero-order valence-electron chi connectivity index (χ0n) is 15.8. The monoisotopic (exact) mass is 394 g/mol.